The van der Waals surface area contributed by atoms with Gasteiger partial charge in [-0.3, -0.25) is 9.69 Å². The van der Waals surface area contributed by atoms with Crippen molar-refractivity contribution in [2.45, 2.75) is 45.1 Å². The molecule has 1 N–H and O–H groups in total. The fourth-order valence-corrected chi connectivity index (χ4v) is 3.51. The molecule has 2 aliphatic carbocycles. The predicted molar refractivity (Wildman–Crippen MR) is 56.6 cm³/mol. The number of hydrogen-bond donors (Lipinski definition) is 1. The third-order valence-electron chi connectivity index (χ3n) is 4.87. The Hall–Kier alpha value is -0.570. The van der Waals surface area contributed by atoms with Crippen LogP contribution in [0, 0.1) is 10.8 Å². The number of rotatable bonds is 2. The Balaban J connectivity index is 1.72. The summed E-state index contributed by atoms with van der Waals surface area (Å²) < 4.78 is 0. The van der Waals surface area contributed by atoms with Gasteiger partial charge in [-0.15, -0.1) is 0 Å². The Labute approximate surface area is 90.5 Å². The summed E-state index contributed by atoms with van der Waals surface area (Å²) in [5.41, 5.74) is 0.165. The van der Waals surface area contributed by atoms with Crippen LogP contribution in [0.25, 0.3) is 0 Å². The van der Waals surface area contributed by atoms with Gasteiger partial charge in [-0.1, -0.05) is 6.42 Å². The molecule has 15 heavy (non-hydrogen) atoms. The van der Waals surface area contributed by atoms with Gasteiger partial charge in [0.15, 0.2) is 0 Å². The summed E-state index contributed by atoms with van der Waals surface area (Å²) in [6.07, 6.45) is 5.77. The van der Waals surface area contributed by atoms with Crippen LogP contribution in [0.3, 0.4) is 0 Å². The van der Waals surface area contributed by atoms with Crippen molar-refractivity contribution < 1.29 is 9.90 Å². The third kappa shape index (κ3) is 1.25. The summed E-state index contributed by atoms with van der Waals surface area (Å²) in [7, 11) is 0. The smallest absolute Gasteiger partial charge is 0.310 e. The molecule has 0 amide bonds. The van der Waals surface area contributed by atoms with Gasteiger partial charge in [-0.2, -0.15) is 0 Å². The van der Waals surface area contributed by atoms with Gasteiger partial charge in [0.05, 0.1) is 5.41 Å². The first-order chi connectivity index (χ1) is 7.06. The van der Waals surface area contributed by atoms with Crippen molar-refractivity contribution in [1.82, 2.24) is 4.90 Å². The Morgan fingerprint density at radius 1 is 1.33 bits per heavy atom. The van der Waals surface area contributed by atoms with E-state index in [1.807, 2.05) is 6.92 Å². The highest BCUT2D eigenvalue weighted by atomic mass is 16.4. The van der Waals surface area contributed by atoms with Crippen LogP contribution >= 0.6 is 0 Å². The molecule has 1 spiro atoms. The number of carboxylic acid groups (broad SMARTS) is 1. The van der Waals surface area contributed by atoms with Crippen LogP contribution in [0.2, 0.25) is 0 Å². The van der Waals surface area contributed by atoms with Crippen LogP contribution < -0.4 is 0 Å². The summed E-state index contributed by atoms with van der Waals surface area (Å²) in [5.74, 6) is -0.596. The fourth-order valence-electron chi connectivity index (χ4n) is 3.51. The Bertz CT molecular complexity index is 303. The van der Waals surface area contributed by atoms with Crippen LogP contribution in [-0.4, -0.2) is 35.1 Å². The molecule has 3 rings (SSSR count). The maximum Gasteiger partial charge on any atom is 0.310 e. The normalized spacial score (nSPS) is 42.9. The van der Waals surface area contributed by atoms with E-state index in [4.69, 9.17) is 0 Å². The number of nitrogens with zero attached hydrogens (tertiary/aromatic N) is 1. The molecule has 0 bridgehead atoms. The zero-order valence-electron chi connectivity index (χ0n) is 9.33. The van der Waals surface area contributed by atoms with E-state index >= 15 is 0 Å². The zero-order chi connectivity index (χ0) is 10.7. The maximum absolute atomic E-state index is 11.3. The number of aliphatic carboxylic acids is 1. The fraction of sp³-hybridized carbons (Fsp3) is 0.917. The van der Waals surface area contributed by atoms with E-state index in [-0.39, 0.29) is 0 Å². The van der Waals surface area contributed by atoms with E-state index in [9.17, 15) is 9.90 Å². The Morgan fingerprint density at radius 2 is 2.00 bits per heavy atom. The first kappa shape index (κ1) is 9.64. The highest BCUT2D eigenvalue weighted by Gasteiger charge is 2.58. The van der Waals surface area contributed by atoms with E-state index in [0.29, 0.717) is 11.5 Å². The summed E-state index contributed by atoms with van der Waals surface area (Å²) in [6, 6.07) is 0.307. The quantitative estimate of drug-likeness (QED) is 0.753. The average molecular weight is 209 g/mol. The van der Waals surface area contributed by atoms with Gasteiger partial charge >= 0.3 is 5.97 Å². The third-order valence-corrected chi connectivity index (χ3v) is 4.87. The molecule has 2 unspecified atom stereocenters. The van der Waals surface area contributed by atoms with Crippen LogP contribution in [-0.2, 0) is 4.79 Å². The minimum absolute atomic E-state index is 0.307. The molecule has 2 saturated carbocycles. The van der Waals surface area contributed by atoms with Crippen molar-refractivity contribution in [1.29, 1.82) is 0 Å². The van der Waals surface area contributed by atoms with E-state index < -0.39 is 11.4 Å². The van der Waals surface area contributed by atoms with Crippen LogP contribution in [0.5, 0.6) is 0 Å². The minimum atomic E-state index is -0.596. The second kappa shape index (κ2) is 2.76. The molecule has 3 aliphatic rings. The van der Waals surface area contributed by atoms with Crippen molar-refractivity contribution in [2.75, 3.05) is 13.1 Å². The monoisotopic (exact) mass is 209 g/mol. The first-order valence-electron chi connectivity index (χ1n) is 6.03. The molecule has 0 radical (unpaired) electrons. The SMILES string of the molecule is CC1(C(=O)O)CCCC1N1CC2(CC2)C1. The molecule has 0 aromatic rings. The standard InChI is InChI=1S/C12H19NO2/c1-11(10(14)15)4-2-3-9(11)13-7-12(8-13)5-6-12/h9H,2-8H2,1H3,(H,14,15). The molecular formula is C12H19NO2. The van der Waals surface area contributed by atoms with Crippen LogP contribution in [0.1, 0.15) is 39.0 Å². The highest BCUT2D eigenvalue weighted by molar-refractivity contribution is 5.75. The van der Waals surface area contributed by atoms with E-state index in [1.165, 1.54) is 25.9 Å². The lowest BCUT2D eigenvalue weighted by atomic mass is 9.81. The van der Waals surface area contributed by atoms with Gasteiger partial charge < -0.3 is 5.11 Å². The lowest BCUT2D eigenvalue weighted by Crippen LogP contribution is -2.58. The second-order valence-electron chi connectivity index (χ2n) is 6.04. The minimum Gasteiger partial charge on any atom is -0.481 e. The lowest BCUT2D eigenvalue weighted by molar-refractivity contribution is -0.153. The zero-order valence-corrected chi connectivity index (χ0v) is 9.33. The number of hydrogen-bond acceptors (Lipinski definition) is 2. The van der Waals surface area contributed by atoms with Gasteiger partial charge in [0, 0.05) is 19.1 Å². The largest absolute Gasteiger partial charge is 0.481 e. The van der Waals surface area contributed by atoms with Gasteiger partial charge in [-0.05, 0) is 38.0 Å². The molecule has 1 aliphatic heterocycles. The number of carbonyl (C=O) groups is 1. The summed E-state index contributed by atoms with van der Waals surface area (Å²) in [5, 5.41) is 9.33. The Morgan fingerprint density at radius 3 is 2.53 bits per heavy atom. The van der Waals surface area contributed by atoms with Gasteiger partial charge in [0.2, 0.25) is 0 Å². The second-order valence-corrected chi connectivity index (χ2v) is 6.04. The molecular weight excluding hydrogens is 190 g/mol. The molecule has 2 atom stereocenters. The molecule has 1 saturated heterocycles. The van der Waals surface area contributed by atoms with Crippen molar-refractivity contribution in [3.05, 3.63) is 0 Å². The molecule has 3 fully saturated rings. The first-order valence-corrected chi connectivity index (χ1v) is 6.03. The van der Waals surface area contributed by atoms with Crippen molar-refractivity contribution in [3.63, 3.8) is 0 Å². The van der Waals surface area contributed by atoms with Crippen molar-refractivity contribution in [2.24, 2.45) is 10.8 Å². The summed E-state index contributed by atoms with van der Waals surface area (Å²) >= 11 is 0. The lowest BCUT2D eigenvalue weighted by Gasteiger charge is -2.48. The highest BCUT2D eigenvalue weighted by Crippen LogP contribution is 2.56. The van der Waals surface area contributed by atoms with Crippen LogP contribution in [0.15, 0.2) is 0 Å². The number of likely N-dealkylation sites (tertiary alicyclic amines) is 1. The predicted octanol–water partition coefficient (Wildman–Crippen LogP) is 1.73. The van der Waals surface area contributed by atoms with Crippen LogP contribution in [0.4, 0.5) is 0 Å². The van der Waals surface area contributed by atoms with Gasteiger partial charge in [0.1, 0.15) is 0 Å². The molecule has 3 nitrogen and oxygen atoms in total. The van der Waals surface area contributed by atoms with E-state index in [2.05, 4.69) is 4.90 Å². The molecule has 0 aromatic heterocycles. The summed E-state index contributed by atoms with van der Waals surface area (Å²) in [4.78, 5) is 13.8. The molecule has 0 aromatic carbocycles. The summed E-state index contributed by atoms with van der Waals surface area (Å²) in [6.45, 7) is 4.27. The maximum atomic E-state index is 11.3. The Kier molecular flexibility index (Phi) is 1.77. The number of carboxylic acids is 1. The topological polar surface area (TPSA) is 40.5 Å². The average Bonchev–Trinajstić information content (AvgIpc) is 2.83. The van der Waals surface area contributed by atoms with Gasteiger partial charge in [0.25, 0.3) is 0 Å². The van der Waals surface area contributed by atoms with E-state index in [1.54, 1.807) is 0 Å². The van der Waals surface area contributed by atoms with E-state index in [0.717, 1.165) is 19.3 Å². The van der Waals surface area contributed by atoms with Crippen molar-refractivity contribution >= 4 is 5.97 Å². The molecule has 84 valence electrons. The van der Waals surface area contributed by atoms with Gasteiger partial charge in [-0.25, -0.2) is 0 Å². The van der Waals surface area contributed by atoms with Crippen molar-refractivity contribution in [3.8, 4) is 0 Å². The molecule has 3 heteroatoms. The molecule has 1 heterocycles.